The number of likely N-dealkylation sites (N-methyl/N-ethyl adjacent to an activating group) is 1. The molecule has 1 saturated heterocycles. The van der Waals surface area contributed by atoms with Crippen LogP contribution in [0.25, 0.3) is 6.08 Å². The number of hydrogen-bond donors (Lipinski definition) is 0. The molecule has 21 heavy (non-hydrogen) atoms. The van der Waals surface area contributed by atoms with Crippen LogP contribution < -0.4 is 4.74 Å². The van der Waals surface area contributed by atoms with E-state index in [1.165, 1.54) is 11.8 Å². The van der Waals surface area contributed by atoms with Crippen molar-refractivity contribution < 1.29 is 9.53 Å². The number of aryl methyl sites for hydroxylation is 1. The predicted octanol–water partition coefficient (Wildman–Crippen LogP) is 3.32. The Balaban J connectivity index is 2.31. The largest absolute Gasteiger partial charge is 0.496 e. The number of thioether (sulfide) groups is 1. The maximum atomic E-state index is 12.4. The zero-order valence-electron chi connectivity index (χ0n) is 12.8. The van der Waals surface area contributed by atoms with Crippen molar-refractivity contribution in [3.05, 3.63) is 34.2 Å². The Hall–Kier alpha value is -1.75. The van der Waals surface area contributed by atoms with Crippen LogP contribution in [-0.4, -0.2) is 36.2 Å². The van der Waals surface area contributed by atoms with Crippen LogP contribution in [0.5, 0.6) is 5.75 Å². The minimum Gasteiger partial charge on any atom is -0.496 e. The van der Waals surface area contributed by atoms with Crippen LogP contribution >= 0.6 is 11.8 Å². The SMILES string of the molecule is CCN=C1S/C(=C\c2ccc(OC)c(C)c2)C(=O)N1CC. The van der Waals surface area contributed by atoms with Gasteiger partial charge in [-0.15, -0.1) is 0 Å². The zero-order valence-corrected chi connectivity index (χ0v) is 13.7. The van der Waals surface area contributed by atoms with Crippen molar-refractivity contribution in [2.24, 2.45) is 4.99 Å². The van der Waals surface area contributed by atoms with Crippen LogP contribution in [0.2, 0.25) is 0 Å². The molecule has 112 valence electrons. The van der Waals surface area contributed by atoms with Crippen molar-refractivity contribution in [3.8, 4) is 5.75 Å². The van der Waals surface area contributed by atoms with Crippen molar-refractivity contribution >= 4 is 28.9 Å². The lowest BCUT2D eigenvalue weighted by Crippen LogP contribution is -2.28. The first-order valence-electron chi connectivity index (χ1n) is 7.01. The number of amides is 1. The van der Waals surface area contributed by atoms with Crippen LogP contribution in [0.3, 0.4) is 0 Å². The van der Waals surface area contributed by atoms with Crippen LogP contribution in [0, 0.1) is 6.92 Å². The van der Waals surface area contributed by atoms with E-state index in [4.69, 9.17) is 4.74 Å². The molecule has 0 aromatic heterocycles. The fourth-order valence-corrected chi connectivity index (χ4v) is 3.29. The zero-order chi connectivity index (χ0) is 15.4. The van der Waals surface area contributed by atoms with Gasteiger partial charge >= 0.3 is 0 Å². The van der Waals surface area contributed by atoms with Gasteiger partial charge in [0.2, 0.25) is 0 Å². The monoisotopic (exact) mass is 304 g/mol. The quantitative estimate of drug-likeness (QED) is 0.801. The summed E-state index contributed by atoms with van der Waals surface area (Å²) in [4.78, 5) is 19.2. The number of aliphatic imine (C=N–C) groups is 1. The van der Waals surface area contributed by atoms with E-state index in [1.807, 2.05) is 45.0 Å². The van der Waals surface area contributed by atoms with E-state index < -0.39 is 0 Å². The molecule has 1 amide bonds. The van der Waals surface area contributed by atoms with Crippen LogP contribution in [-0.2, 0) is 4.79 Å². The first kappa shape index (κ1) is 15.6. The molecule has 0 saturated carbocycles. The third-order valence-electron chi connectivity index (χ3n) is 3.21. The Morgan fingerprint density at radius 3 is 2.71 bits per heavy atom. The van der Waals surface area contributed by atoms with E-state index in [2.05, 4.69) is 4.99 Å². The Bertz CT molecular complexity index is 608. The minimum atomic E-state index is 0.0307. The van der Waals surface area contributed by atoms with Crippen molar-refractivity contribution in [2.75, 3.05) is 20.2 Å². The molecule has 1 aliphatic rings. The molecule has 0 atom stereocenters. The number of rotatable bonds is 4. The number of hydrogen-bond acceptors (Lipinski definition) is 4. The third-order valence-corrected chi connectivity index (χ3v) is 4.26. The van der Waals surface area contributed by atoms with Gasteiger partial charge in [-0.1, -0.05) is 6.07 Å². The average Bonchev–Trinajstić information content (AvgIpc) is 2.75. The highest BCUT2D eigenvalue weighted by atomic mass is 32.2. The topological polar surface area (TPSA) is 41.9 Å². The van der Waals surface area contributed by atoms with Gasteiger partial charge in [0.25, 0.3) is 5.91 Å². The standard InChI is InChI=1S/C16H20N2O2S/c1-5-17-16-18(6-2)15(19)14(21-16)10-12-7-8-13(20-4)11(3)9-12/h7-10H,5-6H2,1-4H3/b14-10-,17-16?. The molecule has 1 aromatic rings. The van der Waals surface area contributed by atoms with E-state index in [1.54, 1.807) is 12.0 Å². The van der Waals surface area contributed by atoms with Gasteiger partial charge < -0.3 is 4.74 Å². The summed E-state index contributed by atoms with van der Waals surface area (Å²) in [6.45, 7) is 7.25. The highest BCUT2D eigenvalue weighted by Gasteiger charge is 2.31. The maximum absolute atomic E-state index is 12.4. The number of benzene rings is 1. The second kappa shape index (κ2) is 6.80. The Morgan fingerprint density at radius 2 is 2.14 bits per heavy atom. The minimum absolute atomic E-state index is 0.0307. The lowest BCUT2D eigenvalue weighted by molar-refractivity contribution is -0.122. The molecule has 1 aromatic carbocycles. The normalized spacial score (nSPS) is 18.9. The van der Waals surface area contributed by atoms with E-state index in [0.717, 1.165) is 22.0 Å². The van der Waals surface area contributed by atoms with Gasteiger partial charge in [-0.3, -0.25) is 14.7 Å². The predicted molar refractivity (Wildman–Crippen MR) is 88.7 cm³/mol. The lowest BCUT2D eigenvalue weighted by Gasteiger charge is -2.11. The third kappa shape index (κ3) is 3.29. The van der Waals surface area contributed by atoms with E-state index in [9.17, 15) is 4.79 Å². The van der Waals surface area contributed by atoms with Crippen molar-refractivity contribution in [1.82, 2.24) is 4.90 Å². The molecule has 5 heteroatoms. The van der Waals surface area contributed by atoms with Gasteiger partial charge in [0.1, 0.15) is 5.75 Å². The Morgan fingerprint density at radius 1 is 1.38 bits per heavy atom. The summed E-state index contributed by atoms with van der Waals surface area (Å²) < 4.78 is 5.25. The van der Waals surface area contributed by atoms with Crippen LogP contribution in [0.4, 0.5) is 0 Å². The first-order chi connectivity index (χ1) is 10.1. The average molecular weight is 304 g/mol. The Labute approximate surface area is 129 Å². The van der Waals surface area contributed by atoms with E-state index in [-0.39, 0.29) is 5.91 Å². The van der Waals surface area contributed by atoms with Crippen LogP contribution in [0.1, 0.15) is 25.0 Å². The molecule has 0 aliphatic carbocycles. The Kier molecular flexibility index (Phi) is 5.07. The summed E-state index contributed by atoms with van der Waals surface area (Å²) in [5.41, 5.74) is 2.05. The summed E-state index contributed by atoms with van der Waals surface area (Å²) in [5.74, 6) is 0.883. The van der Waals surface area contributed by atoms with Crippen molar-refractivity contribution in [2.45, 2.75) is 20.8 Å². The number of amidine groups is 1. The summed E-state index contributed by atoms with van der Waals surface area (Å²) in [6.07, 6.45) is 1.92. The van der Waals surface area contributed by atoms with Gasteiger partial charge in [-0.2, -0.15) is 0 Å². The van der Waals surface area contributed by atoms with Gasteiger partial charge in [-0.05, 0) is 61.9 Å². The molecule has 1 aliphatic heterocycles. The molecule has 0 N–H and O–H groups in total. The molecule has 2 rings (SSSR count). The maximum Gasteiger partial charge on any atom is 0.266 e. The summed E-state index contributed by atoms with van der Waals surface area (Å²) in [5, 5.41) is 0.793. The van der Waals surface area contributed by atoms with Gasteiger partial charge in [0.05, 0.1) is 12.0 Å². The van der Waals surface area contributed by atoms with Gasteiger partial charge in [-0.25, -0.2) is 0 Å². The second-order valence-electron chi connectivity index (χ2n) is 4.65. The van der Waals surface area contributed by atoms with E-state index in [0.29, 0.717) is 18.0 Å². The van der Waals surface area contributed by atoms with Gasteiger partial charge in [0, 0.05) is 13.1 Å². The number of methoxy groups -OCH3 is 1. The number of ether oxygens (including phenoxy) is 1. The number of carbonyl (C=O) groups is 1. The van der Waals surface area contributed by atoms with Crippen molar-refractivity contribution in [1.29, 1.82) is 0 Å². The highest BCUT2D eigenvalue weighted by Crippen LogP contribution is 2.32. The number of nitrogens with zero attached hydrogens (tertiary/aromatic N) is 2. The fraction of sp³-hybridized carbons (Fsp3) is 0.375. The molecule has 1 heterocycles. The molecule has 1 fully saturated rings. The molecule has 0 spiro atoms. The fourth-order valence-electron chi connectivity index (χ4n) is 2.18. The second-order valence-corrected chi connectivity index (χ2v) is 5.66. The highest BCUT2D eigenvalue weighted by molar-refractivity contribution is 8.18. The molecule has 0 radical (unpaired) electrons. The lowest BCUT2D eigenvalue weighted by atomic mass is 10.1. The molecule has 0 unspecified atom stereocenters. The van der Waals surface area contributed by atoms with Crippen LogP contribution in [0.15, 0.2) is 28.1 Å². The number of carbonyl (C=O) groups excluding carboxylic acids is 1. The molecule has 4 nitrogen and oxygen atoms in total. The summed E-state index contributed by atoms with van der Waals surface area (Å²) in [6, 6.07) is 5.90. The summed E-state index contributed by atoms with van der Waals surface area (Å²) >= 11 is 1.44. The molecule has 0 bridgehead atoms. The van der Waals surface area contributed by atoms with E-state index >= 15 is 0 Å². The van der Waals surface area contributed by atoms with Gasteiger partial charge in [0.15, 0.2) is 5.17 Å². The summed E-state index contributed by atoms with van der Waals surface area (Å²) in [7, 11) is 1.66. The molecular weight excluding hydrogens is 284 g/mol. The van der Waals surface area contributed by atoms with Crippen molar-refractivity contribution in [3.63, 3.8) is 0 Å². The smallest absolute Gasteiger partial charge is 0.266 e. The molecular formula is C16H20N2O2S. The first-order valence-corrected chi connectivity index (χ1v) is 7.82.